The Kier molecular flexibility index (Phi) is 4.33. The van der Waals surface area contributed by atoms with E-state index >= 15 is 0 Å². The van der Waals surface area contributed by atoms with Crippen molar-refractivity contribution in [2.75, 3.05) is 6.54 Å². The van der Waals surface area contributed by atoms with Gasteiger partial charge in [0.05, 0.1) is 0 Å². The fourth-order valence-corrected chi connectivity index (χ4v) is 2.77. The molecule has 18 heavy (non-hydrogen) atoms. The first-order chi connectivity index (χ1) is 8.12. The fourth-order valence-electron chi connectivity index (χ4n) is 2.03. The second-order valence-electron chi connectivity index (χ2n) is 4.94. The number of sulfonamides is 1. The van der Waals surface area contributed by atoms with Crippen molar-refractivity contribution in [2.24, 2.45) is 11.1 Å². The third-order valence-corrected chi connectivity index (χ3v) is 4.19. The summed E-state index contributed by atoms with van der Waals surface area (Å²) in [5.74, 6) is -1.50. The van der Waals surface area contributed by atoms with Gasteiger partial charge >= 0.3 is 5.97 Å². The van der Waals surface area contributed by atoms with Crippen molar-refractivity contribution in [1.29, 1.82) is 0 Å². The molecule has 2 atom stereocenters. The number of hydrogen-bond donors (Lipinski definition) is 2. The van der Waals surface area contributed by atoms with Crippen molar-refractivity contribution >= 4 is 21.9 Å². The summed E-state index contributed by atoms with van der Waals surface area (Å²) in [6.45, 7) is 3.54. The number of nitrogens with zero attached hydrogens (tertiary/aromatic N) is 1. The van der Waals surface area contributed by atoms with Gasteiger partial charge in [0.1, 0.15) is 11.3 Å². The molecule has 1 rings (SSSR count). The van der Waals surface area contributed by atoms with E-state index in [-0.39, 0.29) is 18.9 Å². The van der Waals surface area contributed by atoms with Crippen LogP contribution in [0.1, 0.15) is 26.7 Å². The van der Waals surface area contributed by atoms with E-state index in [9.17, 15) is 18.0 Å². The maximum Gasteiger partial charge on any atom is 0.326 e. The maximum absolute atomic E-state index is 11.7. The summed E-state index contributed by atoms with van der Waals surface area (Å²) >= 11 is 0. The van der Waals surface area contributed by atoms with Crippen LogP contribution in [0.2, 0.25) is 0 Å². The van der Waals surface area contributed by atoms with Gasteiger partial charge in [0.25, 0.3) is 0 Å². The van der Waals surface area contributed by atoms with Crippen LogP contribution in [0.4, 0.5) is 0 Å². The van der Waals surface area contributed by atoms with Crippen LogP contribution < -0.4 is 5.14 Å². The molecule has 0 aliphatic carbocycles. The van der Waals surface area contributed by atoms with Gasteiger partial charge in [-0.3, -0.25) is 4.79 Å². The molecule has 0 saturated carbocycles. The molecular formula is C10H18N2O5S. The summed E-state index contributed by atoms with van der Waals surface area (Å²) in [6.07, 6.45) is 0.0547. The van der Waals surface area contributed by atoms with Crippen molar-refractivity contribution in [3.63, 3.8) is 0 Å². The Morgan fingerprint density at radius 3 is 2.44 bits per heavy atom. The molecule has 1 aliphatic rings. The van der Waals surface area contributed by atoms with E-state index in [2.05, 4.69) is 0 Å². The molecule has 3 N–H and O–H groups in total. The molecule has 1 fully saturated rings. The minimum Gasteiger partial charge on any atom is -0.480 e. The van der Waals surface area contributed by atoms with E-state index in [0.29, 0.717) is 6.42 Å². The van der Waals surface area contributed by atoms with Crippen LogP contribution in [0, 0.1) is 5.92 Å². The van der Waals surface area contributed by atoms with E-state index in [1.54, 1.807) is 0 Å². The molecule has 8 heteroatoms. The lowest BCUT2D eigenvalue weighted by Crippen LogP contribution is -2.44. The summed E-state index contributed by atoms with van der Waals surface area (Å²) in [7, 11) is -3.81. The van der Waals surface area contributed by atoms with Gasteiger partial charge in [0.2, 0.25) is 15.9 Å². The van der Waals surface area contributed by atoms with E-state index in [1.165, 1.54) is 0 Å². The molecule has 0 radical (unpaired) electrons. The normalized spacial score (nSPS) is 22.6. The maximum atomic E-state index is 11.7. The first-order valence-corrected chi connectivity index (χ1v) is 7.27. The summed E-state index contributed by atoms with van der Waals surface area (Å²) in [5, 5.41) is 13.1. The Morgan fingerprint density at radius 1 is 1.56 bits per heavy atom. The second kappa shape index (κ2) is 5.23. The quantitative estimate of drug-likeness (QED) is 0.694. The fraction of sp³-hybridized carbons (Fsp3) is 0.800. The van der Waals surface area contributed by atoms with E-state index in [1.807, 2.05) is 13.8 Å². The summed E-state index contributed by atoms with van der Waals surface area (Å²) in [6, 6.07) is -0.982. The highest BCUT2D eigenvalue weighted by molar-refractivity contribution is 7.89. The predicted molar refractivity (Wildman–Crippen MR) is 64.1 cm³/mol. The zero-order valence-electron chi connectivity index (χ0n) is 10.4. The summed E-state index contributed by atoms with van der Waals surface area (Å²) in [5.41, 5.74) is 0. The van der Waals surface area contributed by atoms with Gasteiger partial charge in [-0.15, -0.1) is 0 Å². The lowest BCUT2D eigenvalue weighted by Gasteiger charge is -2.25. The SMILES string of the molecule is CC(C)CC(C(=O)O)N1CC(S(N)(=O)=O)CC1=O. The van der Waals surface area contributed by atoms with Crippen LogP contribution in [0.15, 0.2) is 0 Å². The Hall–Kier alpha value is -1.15. The number of hydrogen-bond acceptors (Lipinski definition) is 4. The monoisotopic (exact) mass is 278 g/mol. The molecule has 1 heterocycles. The first-order valence-electron chi connectivity index (χ1n) is 5.66. The number of carbonyl (C=O) groups is 2. The topological polar surface area (TPSA) is 118 Å². The molecular weight excluding hydrogens is 260 g/mol. The number of carbonyl (C=O) groups excluding carboxylic acids is 1. The first kappa shape index (κ1) is 14.9. The van der Waals surface area contributed by atoms with Crippen LogP contribution in [0.25, 0.3) is 0 Å². The number of carboxylic acid groups (broad SMARTS) is 1. The minimum absolute atomic E-state index is 0.0902. The van der Waals surface area contributed by atoms with Crippen molar-refractivity contribution in [1.82, 2.24) is 4.90 Å². The molecule has 7 nitrogen and oxygen atoms in total. The van der Waals surface area contributed by atoms with Crippen LogP contribution in [0.5, 0.6) is 0 Å². The second-order valence-corrected chi connectivity index (χ2v) is 6.79. The number of aliphatic carboxylic acids is 1. The highest BCUT2D eigenvalue weighted by Crippen LogP contribution is 2.22. The number of likely N-dealkylation sites (tertiary alicyclic amines) is 1. The average molecular weight is 278 g/mol. The van der Waals surface area contributed by atoms with Gasteiger partial charge in [0.15, 0.2) is 0 Å². The number of primary sulfonamides is 1. The van der Waals surface area contributed by atoms with Gasteiger partial charge < -0.3 is 10.0 Å². The molecule has 0 spiro atoms. The van der Waals surface area contributed by atoms with Crippen molar-refractivity contribution in [3.05, 3.63) is 0 Å². The van der Waals surface area contributed by atoms with E-state index < -0.39 is 33.2 Å². The molecule has 1 amide bonds. The number of amides is 1. The van der Waals surface area contributed by atoms with Gasteiger partial charge in [-0.25, -0.2) is 18.4 Å². The highest BCUT2D eigenvalue weighted by Gasteiger charge is 2.41. The average Bonchev–Trinajstić information content (AvgIpc) is 2.55. The van der Waals surface area contributed by atoms with Gasteiger partial charge in [-0.1, -0.05) is 13.8 Å². The minimum atomic E-state index is -3.81. The van der Waals surface area contributed by atoms with Gasteiger partial charge in [-0.05, 0) is 12.3 Å². The molecule has 0 bridgehead atoms. The molecule has 0 aromatic rings. The number of rotatable bonds is 5. The van der Waals surface area contributed by atoms with Crippen molar-refractivity contribution in [3.8, 4) is 0 Å². The third-order valence-electron chi connectivity index (χ3n) is 2.94. The standard InChI is InChI=1S/C10H18N2O5S/c1-6(2)3-8(10(14)15)12-5-7(4-9(12)13)18(11,16)17/h6-8H,3-5H2,1-2H3,(H,14,15)(H2,11,16,17). The largest absolute Gasteiger partial charge is 0.480 e. The van der Waals surface area contributed by atoms with Crippen LogP contribution in [-0.4, -0.2) is 48.1 Å². The zero-order chi connectivity index (χ0) is 14.1. The summed E-state index contributed by atoms with van der Waals surface area (Å²) in [4.78, 5) is 24.0. The van der Waals surface area contributed by atoms with E-state index in [0.717, 1.165) is 4.90 Å². The smallest absolute Gasteiger partial charge is 0.326 e. The van der Waals surface area contributed by atoms with E-state index in [4.69, 9.17) is 10.2 Å². The van der Waals surface area contributed by atoms with Crippen molar-refractivity contribution in [2.45, 2.75) is 38.0 Å². The number of nitrogens with two attached hydrogens (primary N) is 1. The van der Waals surface area contributed by atoms with Gasteiger partial charge in [-0.2, -0.15) is 0 Å². The molecule has 2 unspecified atom stereocenters. The molecule has 0 aromatic heterocycles. The molecule has 1 saturated heterocycles. The van der Waals surface area contributed by atoms with Crippen LogP contribution in [0.3, 0.4) is 0 Å². The molecule has 0 aromatic carbocycles. The molecule has 104 valence electrons. The Morgan fingerprint density at radius 2 is 2.11 bits per heavy atom. The predicted octanol–water partition coefficient (Wildman–Crippen LogP) is -0.625. The Balaban J connectivity index is 2.88. The third kappa shape index (κ3) is 3.42. The number of carboxylic acids is 1. The van der Waals surface area contributed by atoms with Crippen LogP contribution in [-0.2, 0) is 19.6 Å². The van der Waals surface area contributed by atoms with Crippen molar-refractivity contribution < 1.29 is 23.1 Å². The lowest BCUT2D eigenvalue weighted by atomic mass is 10.0. The zero-order valence-corrected chi connectivity index (χ0v) is 11.2. The summed E-state index contributed by atoms with van der Waals surface area (Å²) < 4.78 is 22.4. The molecule has 1 aliphatic heterocycles. The Labute approximate surface area is 106 Å². The Bertz CT molecular complexity index is 445. The lowest BCUT2D eigenvalue weighted by molar-refractivity contribution is -0.149. The highest BCUT2D eigenvalue weighted by atomic mass is 32.2. The van der Waals surface area contributed by atoms with Gasteiger partial charge in [0, 0.05) is 13.0 Å². The van der Waals surface area contributed by atoms with Crippen LogP contribution >= 0.6 is 0 Å².